The van der Waals surface area contributed by atoms with E-state index in [0.29, 0.717) is 22.6 Å². The molecule has 134 valence electrons. The van der Waals surface area contributed by atoms with Gasteiger partial charge in [0.25, 0.3) is 5.91 Å². The van der Waals surface area contributed by atoms with E-state index in [1.54, 1.807) is 42.6 Å². The number of aromatic amines is 1. The molecule has 0 saturated heterocycles. The van der Waals surface area contributed by atoms with Gasteiger partial charge < -0.3 is 10.6 Å². The van der Waals surface area contributed by atoms with Crippen molar-refractivity contribution in [2.75, 3.05) is 12.4 Å². The smallest absolute Gasteiger partial charge is 0.251 e. The Labute approximate surface area is 159 Å². The molecule has 9 heteroatoms. The summed E-state index contributed by atoms with van der Waals surface area (Å²) < 4.78 is 2.30. The summed E-state index contributed by atoms with van der Waals surface area (Å²) in [5, 5.41) is 14.3. The van der Waals surface area contributed by atoms with Crippen LogP contribution in [-0.2, 0) is 11.3 Å². The zero-order valence-electron chi connectivity index (χ0n) is 14.0. The predicted molar refractivity (Wildman–Crippen MR) is 104 cm³/mol. The molecular weight excluding hydrogens is 370 g/mol. The lowest BCUT2D eigenvalue weighted by molar-refractivity contribution is -0.116. The maximum absolute atomic E-state index is 12.2. The lowest BCUT2D eigenvalue weighted by Gasteiger charge is -2.08. The molecule has 0 aliphatic heterocycles. The van der Waals surface area contributed by atoms with Gasteiger partial charge in [-0.25, -0.2) is 0 Å². The predicted octanol–water partition coefficient (Wildman–Crippen LogP) is 3.06. The third-order valence-corrected chi connectivity index (χ3v) is 4.90. The molecule has 3 rings (SSSR count). The average molecular weight is 387 g/mol. The average Bonchev–Trinajstić information content (AvgIpc) is 3.29. The molecule has 7 nitrogen and oxygen atoms in total. The number of H-pyrrole nitrogens is 1. The molecule has 2 aromatic heterocycles. The van der Waals surface area contributed by atoms with E-state index in [-0.39, 0.29) is 18.2 Å². The van der Waals surface area contributed by atoms with Gasteiger partial charge in [-0.3, -0.25) is 19.3 Å². The van der Waals surface area contributed by atoms with Gasteiger partial charge in [0.15, 0.2) is 10.6 Å². The monoisotopic (exact) mass is 387 g/mol. The Bertz CT molecular complexity index is 958. The van der Waals surface area contributed by atoms with Gasteiger partial charge in [-0.2, -0.15) is 5.10 Å². The molecular formula is C17H17N5O2S2. The Balaban J connectivity index is 1.62. The summed E-state index contributed by atoms with van der Waals surface area (Å²) in [6.45, 7) is 0.421. The molecule has 0 atom stereocenters. The molecule has 2 amide bonds. The second-order valence-corrected chi connectivity index (χ2v) is 6.77. The van der Waals surface area contributed by atoms with Crippen molar-refractivity contribution in [3.8, 4) is 10.7 Å². The number of aromatic nitrogens is 3. The number of thiophene rings is 1. The van der Waals surface area contributed by atoms with Crippen molar-refractivity contribution < 1.29 is 9.59 Å². The van der Waals surface area contributed by atoms with Crippen molar-refractivity contribution in [2.45, 2.75) is 13.0 Å². The minimum Gasteiger partial charge on any atom is -0.355 e. The van der Waals surface area contributed by atoms with Crippen LogP contribution in [0.1, 0.15) is 16.8 Å². The van der Waals surface area contributed by atoms with E-state index in [1.165, 1.54) is 0 Å². The number of hydrogen-bond donors (Lipinski definition) is 3. The summed E-state index contributed by atoms with van der Waals surface area (Å²) in [5.74, 6) is 0.420. The third kappa shape index (κ3) is 4.06. The Morgan fingerprint density at radius 3 is 2.69 bits per heavy atom. The maximum atomic E-state index is 12.2. The highest BCUT2D eigenvalue weighted by Crippen LogP contribution is 2.23. The molecule has 0 aliphatic rings. The number of carbonyl (C=O) groups is 2. The van der Waals surface area contributed by atoms with Crippen molar-refractivity contribution >= 4 is 41.1 Å². The fraction of sp³-hybridized carbons (Fsp3) is 0.176. The molecule has 0 unspecified atom stereocenters. The van der Waals surface area contributed by atoms with Crippen molar-refractivity contribution in [1.29, 1.82) is 0 Å². The molecule has 0 bridgehead atoms. The van der Waals surface area contributed by atoms with E-state index in [0.717, 1.165) is 10.7 Å². The SMILES string of the molecule is CNC(=O)c1ccc(NC(=O)CCn2c(-c3cccs3)n[nH]c2=S)cc1. The lowest BCUT2D eigenvalue weighted by atomic mass is 10.2. The summed E-state index contributed by atoms with van der Waals surface area (Å²) >= 11 is 6.82. The van der Waals surface area contributed by atoms with Gasteiger partial charge in [0.1, 0.15) is 0 Å². The van der Waals surface area contributed by atoms with Crippen molar-refractivity contribution in [2.24, 2.45) is 0 Å². The van der Waals surface area contributed by atoms with E-state index in [9.17, 15) is 9.59 Å². The first-order valence-corrected chi connectivity index (χ1v) is 9.18. The number of hydrogen-bond acceptors (Lipinski definition) is 5. The van der Waals surface area contributed by atoms with E-state index in [4.69, 9.17) is 12.2 Å². The molecule has 0 spiro atoms. The van der Waals surface area contributed by atoms with E-state index < -0.39 is 0 Å². The third-order valence-electron chi connectivity index (χ3n) is 3.72. The quantitative estimate of drug-likeness (QED) is 0.567. The number of benzene rings is 1. The van der Waals surface area contributed by atoms with Crippen molar-refractivity contribution in [1.82, 2.24) is 20.1 Å². The summed E-state index contributed by atoms with van der Waals surface area (Å²) in [4.78, 5) is 24.7. The van der Waals surface area contributed by atoms with E-state index >= 15 is 0 Å². The number of anilines is 1. The van der Waals surface area contributed by atoms with Gasteiger partial charge in [0.05, 0.1) is 4.88 Å². The number of carbonyl (C=O) groups excluding carboxylic acids is 2. The van der Waals surface area contributed by atoms with Crippen LogP contribution < -0.4 is 10.6 Å². The van der Waals surface area contributed by atoms with Gasteiger partial charge in [0, 0.05) is 31.3 Å². The van der Waals surface area contributed by atoms with E-state index in [2.05, 4.69) is 20.8 Å². The Kier molecular flexibility index (Phi) is 5.59. The molecule has 1 aromatic carbocycles. The second kappa shape index (κ2) is 8.07. The normalized spacial score (nSPS) is 10.5. The highest BCUT2D eigenvalue weighted by molar-refractivity contribution is 7.71. The molecule has 0 aliphatic carbocycles. The highest BCUT2D eigenvalue weighted by Gasteiger charge is 2.12. The summed E-state index contributed by atoms with van der Waals surface area (Å²) in [7, 11) is 1.57. The van der Waals surface area contributed by atoms with Crippen molar-refractivity contribution in [3.63, 3.8) is 0 Å². The first-order chi connectivity index (χ1) is 12.6. The van der Waals surface area contributed by atoms with Crippen LogP contribution in [0, 0.1) is 4.77 Å². The summed E-state index contributed by atoms with van der Waals surface area (Å²) in [6, 6.07) is 10.6. The molecule has 26 heavy (non-hydrogen) atoms. The summed E-state index contributed by atoms with van der Waals surface area (Å²) in [6.07, 6.45) is 0.253. The van der Waals surface area contributed by atoms with Crippen LogP contribution in [0.2, 0.25) is 0 Å². The Morgan fingerprint density at radius 2 is 2.04 bits per heavy atom. The van der Waals surface area contributed by atoms with Crippen LogP contribution >= 0.6 is 23.6 Å². The highest BCUT2D eigenvalue weighted by atomic mass is 32.1. The van der Waals surface area contributed by atoms with Crippen LogP contribution in [-0.4, -0.2) is 33.6 Å². The molecule has 0 saturated carbocycles. The zero-order valence-corrected chi connectivity index (χ0v) is 15.6. The largest absolute Gasteiger partial charge is 0.355 e. The molecule has 2 heterocycles. The lowest BCUT2D eigenvalue weighted by Crippen LogP contribution is -2.18. The fourth-order valence-electron chi connectivity index (χ4n) is 2.41. The fourth-order valence-corrected chi connectivity index (χ4v) is 3.35. The van der Waals surface area contributed by atoms with Crippen molar-refractivity contribution in [3.05, 3.63) is 52.1 Å². The minimum atomic E-state index is -0.168. The second-order valence-electron chi connectivity index (χ2n) is 5.44. The van der Waals surface area contributed by atoms with Crippen LogP contribution in [0.15, 0.2) is 41.8 Å². The Hall–Kier alpha value is -2.78. The number of amides is 2. The van der Waals surface area contributed by atoms with Gasteiger partial charge in [-0.05, 0) is 47.9 Å². The molecule has 0 radical (unpaired) electrons. The first kappa shape index (κ1) is 18.0. The van der Waals surface area contributed by atoms with Gasteiger partial charge in [0.2, 0.25) is 5.91 Å². The topological polar surface area (TPSA) is 91.8 Å². The summed E-state index contributed by atoms with van der Waals surface area (Å²) in [5.41, 5.74) is 1.17. The Morgan fingerprint density at radius 1 is 1.27 bits per heavy atom. The van der Waals surface area contributed by atoms with Crippen LogP contribution in [0.25, 0.3) is 10.7 Å². The number of nitrogens with one attached hydrogen (secondary N) is 3. The first-order valence-electron chi connectivity index (χ1n) is 7.89. The van der Waals surface area contributed by atoms with E-state index in [1.807, 2.05) is 22.1 Å². The molecule has 3 aromatic rings. The maximum Gasteiger partial charge on any atom is 0.251 e. The molecule has 0 fully saturated rings. The number of rotatable bonds is 6. The minimum absolute atomic E-state index is 0.141. The molecule has 3 N–H and O–H groups in total. The van der Waals surface area contributed by atoms with Crippen LogP contribution in [0.5, 0.6) is 0 Å². The van der Waals surface area contributed by atoms with Gasteiger partial charge in [-0.15, -0.1) is 11.3 Å². The van der Waals surface area contributed by atoms with Crippen LogP contribution in [0.4, 0.5) is 5.69 Å². The van der Waals surface area contributed by atoms with Crippen LogP contribution in [0.3, 0.4) is 0 Å². The number of nitrogens with zero attached hydrogens (tertiary/aromatic N) is 2. The zero-order chi connectivity index (χ0) is 18.5. The van der Waals surface area contributed by atoms with Gasteiger partial charge >= 0.3 is 0 Å². The van der Waals surface area contributed by atoms with Gasteiger partial charge in [-0.1, -0.05) is 6.07 Å². The standard InChI is InChI=1S/C17H17N5O2S2/c1-18-16(24)11-4-6-12(7-5-11)19-14(23)8-9-22-15(20-21-17(22)25)13-3-2-10-26-13/h2-7,10H,8-9H2,1H3,(H,18,24)(H,19,23)(H,21,25).